The molecule has 0 bridgehead atoms. The van der Waals surface area contributed by atoms with Crippen molar-refractivity contribution in [3.05, 3.63) is 70.3 Å². The van der Waals surface area contributed by atoms with Crippen molar-refractivity contribution in [1.82, 2.24) is 5.32 Å². The molecule has 0 aromatic heterocycles. The highest BCUT2D eigenvalue weighted by molar-refractivity contribution is 8.05. The minimum Gasteiger partial charge on any atom is -0.402 e. The quantitative estimate of drug-likeness (QED) is 0.689. The summed E-state index contributed by atoms with van der Waals surface area (Å²) in [7, 11) is 0. The highest BCUT2D eigenvalue weighted by Gasteiger charge is 2.12. The predicted molar refractivity (Wildman–Crippen MR) is 96.8 cm³/mol. The van der Waals surface area contributed by atoms with Gasteiger partial charge in [-0.1, -0.05) is 26.2 Å². The second-order valence-corrected chi connectivity index (χ2v) is 6.00. The molecule has 3 N–H and O–H groups in total. The number of carbonyl (C=O) groups excluding carboxylic acids is 1. The Morgan fingerprint density at radius 2 is 2.14 bits per heavy atom. The van der Waals surface area contributed by atoms with E-state index < -0.39 is 0 Å². The zero-order chi connectivity index (χ0) is 16.5. The molecule has 118 valence electrons. The highest BCUT2D eigenvalue weighted by atomic mass is 32.2. The normalized spacial score (nSPS) is 16.2. The van der Waals surface area contributed by atoms with E-state index in [1.54, 1.807) is 30.0 Å². The Labute approximate surface area is 137 Å². The van der Waals surface area contributed by atoms with Gasteiger partial charge in [0.15, 0.2) is 0 Å². The van der Waals surface area contributed by atoms with Gasteiger partial charge in [0.25, 0.3) is 5.91 Å². The average molecular weight is 316 g/mol. The maximum absolute atomic E-state index is 12.2. The van der Waals surface area contributed by atoms with Crippen LogP contribution in [0.3, 0.4) is 0 Å². The molecule has 0 saturated carbocycles. The molecule has 0 atom stereocenters. The van der Waals surface area contributed by atoms with Gasteiger partial charge in [-0.15, -0.1) is 11.8 Å². The lowest BCUT2D eigenvalue weighted by Crippen LogP contribution is -2.24. The summed E-state index contributed by atoms with van der Waals surface area (Å²) >= 11 is 1.60. The van der Waals surface area contributed by atoms with Gasteiger partial charge < -0.3 is 11.1 Å². The first-order valence-corrected chi connectivity index (χ1v) is 8.17. The van der Waals surface area contributed by atoms with Gasteiger partial charge in [-0.3, -0.25) is 4.79 Å². The molecule has 0 saturated heterocycles. The number of thioether (sulfide) groups is 1. The molecule has 22 heavy (non-hydrogen) atoms. The molecule has 1 aliphatic carbocycles. The summed E-state index contributed by atoms with van der Waals surface area (Å²) in [6.07, 6.45) is 9.47. The van der Waals surface area contributed by atoms with Crippen LogP contribution < -0.4 is 11.1 Å². The summed E-state index contributed by atoms with van der Waals surface area (Å²) in [5.74, 6) is -0.0999. The third-order valence-corrected chi connectivity index (χ3v) is 4.37. The summed E-state index contributed by atoms with van der Waals surface area (Å²) in [4.78, 5) is 13.5. The van der Waals surface area contributed by atoms with Gasteiger partial charge in [0.05, 0.1) is 0 Å². The van der Waals surface area contributed by atoms with Gasteiger partial charge in [-0.05, 0) is 60.3 Å². The van der Waals surface area contributed by atoms with Crippen LogP contribution in [0.15, 0.2) is 70.3 Å². The Morgan fingerprint density at radius 1 is 1.41 bits per heavy atom. The number of hydrogen-bond donors (Lipinski definition) is 2. The standard InChI is InChI=1S/C18H24N2OS/c1-5-16(12-13(4)17(6-2)22-7-3)20-18(21)14-8-10-15(19)11-9-14/h5,7-8,10,12H,1,3,6,9,11,19H2,2,4H3,(H,20,21)/b16-12+,17-13+. The maximum atomic E-state index is 12.2. The number of rotatable bonds is 7. The van der Waals surface area contributed by atoms with Crippen molar-refractivity contribution in [2.75, 3.05) is 0 Å². The molecule has 4 heteroatoms. The minimum absolute atomic E-state index is 0.0999. The monoisotopic (exact) mass is 316 g/mol. The molecule has 0 unspecified atom stereocenters. The zero-order valence-electron chi connectivity index (χ0n) is 13.3. The van der Waals surface area contributed by atoms with Gasteiger partial charge in [0.2, 0.25) is 0 Å². The number of nitrogens with two attached hydrogens (primary N) is 1. The lowest BCUT2D eigenvalue weighted by Gasteiger charge is -2.13. The molecule has 0 aromatic carbocycles. The van der Waals surface area contributed by atoms with Crippen LogP contribution in [0.5, 0.6) is 0 Å². The SMILES string of the molecule is C=CS/C(CC)=C(C)/C=C(\C=C)NC(=O)C1=CC=C(N)CC1. The average Bonchev–Trinajstić information content (AvgIpc) is 2.52. The van der Waals surface area contributed by atoms with Crippen LogP contribution in [0.2, 0.25) is 0 Å². The van der Waals surface area contributed by atoms with E-state index in [2.05, 4.69) is 25.4 Å². The summed E-state index contributed by atoms with van der Waals surface area (Å²) in [6.45, 7) is 11.6. The molecule has 0 radical (unpaired) electrons. The zero-order valence-corrected chi connectivity index (χ0v) is 14.1. The van der Waals surface area contributed by atoms with Crippen molar-refractivity contribution in [3.63, 3.8) is 0 Å². The van der Waals surface area contributed by atoms with Gasteiger partial charge in [0.1, 0.15) is 0 Å². The van der Waals surface area contributed by atoms with E-state index in [4.69, 9.17) is 5.73 Å². The lowest BCUT2D eigenvalue weighted by molar-refractivity contribution is -0.116. The van der Waals surface area contributed by atoms with Crippen LogP contribution in [0.1, 0.15) is 33.1 Å². The first-order chi connectivity index (χ1) is 10.5. The molecule has 1 amide bonds. The van der Waals surface area contributed by atoms with Gasteiger partial charge in [0, 0.05) is 17.0 Å². The van der Waals surface area contributed by atoms with E-state index >= 15 is 0 Å². The van der Waals surface area contributed by atoms with Crippen LogP contribution in [0.25, 0.3) is 0 Å². The Hall–Kier alpha value is -1.94. The smallest absolute Gasteiger partial charge is 0.251 e. The van der Waals surface area contributed by atoms with E-state index in [-0.39, 0.29) is 5.91 Å². The van der Waals surface area contributed by atoms with Crippen molar-refractivity contribution in [2.24, 2.45) is 5.73 Å². The van der Waals surface area contributed by atoms with Crippen molar-refractivity contribution >= 4 is 17.7 Å². The van der Waals surface area contributed by atoms with Crippen LogP contribution in [-0.4, -0.2) is 5.91 Å². The fourth-order valence-electron chi connectivity index (χ4n) is 2.07. The van der Waals surface area contributed by atoms with Crippen molar-refractivity contribution in [3.8, 4) is 0 Å². The lowest BCUT2D eigenvalue weighted by atomic mass is 10.0. The topological polar surface area (TPSA) is 55.1 Å². The minimum atomic E-state index is -0.0999. The molecule has 0 aliphatic heterocycles. The van der Waals surface area contributed by atoms with Crippen LogP contribution in [0.4, 0.5) is 0 Å². The van der Waals surface area contributed by atoms with Crippen molar-refractivity contribution in [1.29, 1.82) is 0 Å². The Kier molecular flexibility index (Phi) is 7.54. The van der Waals surface area contributed by atoms with E-state index in [1.807, 2.05) is 18.4 Å². The molecule has 3 nitrogen and oxygen atoms in total. The van der Waals surface area contributed by atoms with Crippen LogP contribution in [-0.2, 0) is 4.79 Å². The number of amides is 1. The molecule has 0 fully saturated rings. The number of nitrogens with one attached hydrogen (secondary N) is 1. The Bertz CT molecular complexity index is 580. The number of allylic oxidation sites excluding steroid dienone is 7. The van der Waals surface area contributed by atoms with Gasteiger partial charge in [-0.2, -0.15) is 0 Å². The summed E-state index contributed by atoms with van der Waals surface area (Å²) in [5.41, 5.74) is 9.05. The third-order valence-electron chi connectivity index (χ3n) is 3.31. The largest absolute Gasteiger partial charge is 0.402 e. The summed E-state index contributed by atoms with van der Waals surface area (Å²) < 4.78 is 0. The molecular formula is C18H24N2OS. The number of carbonyl (C=O) groups is 1. The fourth-order valence-corrected chi connectivity index (χ4v) is 2.68. The molecule has 1 rings (SSSR count). The summed E-state index contributed by atoms with van der Waals surface area (Å²) in [6, 6.07) is 0. The second-order valence-electron chi connectivity index (χ2n) is 4.94. The maximum Gasteiger partial charge on any atom is 0.251 e. The third kappa shape index (κ3) is 5.45. The summed E-state index contributed by atoms with van der Waals surface area (Å²) in [5, 5.41) is 4.71. The van der Waals surface area contributed by atoms with Gasteiger partial charge >= 0.3 is 0 Å². The van der Waals surface area contributed by atoms with E-state index in [0.717, 1.165) is 29.7 Å². The Morgan fingerprint density at radius 3 is 2.64 bits per heavy atom. The van der Waals surface area contributed by atoms with E-state index in [0.29, 0.717) is 12.1 Å². The van der Waals surface area contributed by atoms with E-state index in [1.165, 1.54) is 4.91 Å². The Balaban J connectivity index is 2.88. The molecule has 0 aromatic rings. The van der Waals surface area contributed by atoms with Gasteiger partial charge in [-0.25, -0.2) is 0 Å². The number of hydrogen-bond acceptors (Lipinski definition) is 3. The first-order valence-electron chi connectivity index (χ1n) is 7.29. The molecule has 0 spiro atoms. The van der Waals surface area contributed by atoms with Crippen LogP contribution >= 0.6 is 11.8 Å². The van der Waals surface area contributed by atoms with E-state index in [9.17, 15) is 4.79 Å². The van der Waals surface area contributed by atoms with Crippen molar-refractivity contribution in [2.45, 2.75) is 33.1 Å². The van der Waals surface area contributed by atoms with Crippen LogP contribution in [0, 0.1) is 0 Å². The van der Waals surface area contributed by atoms with Crippen molar-refractivity contribution < 1.29 is 4.79 Å². The molecule has 0 heterocycles. The molecule has 1 aliphatic rings. The fraction of sp³-hybridized carbons (Fsp3) is 0.278. The predicted octanol–water partition coefficient (Wildman–Crippen LogP) is 4.30. The molecular weight excluding hydrogens is 292 g/mol. The highest BCUT2D eigenvalue weighted by Crippen LogP contribution is 2.25. The second kappa shape index (κ2) is 9.15. The first kappa shape index (κ1) is 18.1.